The van der Waals surface area contributed by atoms with Crippen LogP contribution in [0.5, 0.6) is 0 Å². The summed E-state index contributed by atoms with van der Waals surface area (Å²) in [6, 6.07) is 4.87. The van der Waals surface area contributed by atoms with Crippen LogP contribution >= 0.6 is 19.8 Å². The fourth-order valence-electron chi connectivity index (χ4n) is 2.60. The van der Waals surface area contributed by atoms with Crippen molar-refractivity contribution >= 4 is 37.6 Å². The zero-order chi connectivity index (χ0) is 20.0. The van der Waals surface area contributed by atoms with Gasteiger partial charge in [0.1, 0.15) is 0 Å². The van der Waals surface area contributed by atoms with Crippen molar-refractivity contribution in [2.45, 2.75) is 98.2 Å². The highest BCUT2D eigenvalue weighted by Gasteiger charge is 2.29. The van der Waals surface area contributed by atoms with Crippen LogP contribution in [0.1, 0.15) is 79.0 Å². The summed E-state index contributed by atoms with van der Waals surface area (Å²) in [4.78, 5) is 0. The average Bonchev–Trinajstić information content (AvgIpc) is 2.33. The van der Waals surface area contributed by atoms with Crippen LogP contribution in [-0.2, 0) is 16.2 Å². The fraction of sp³-hybridized carbons (Fsp3) is 0.682. The SMILES string of the molecule is CC(C)(C)c1cc(C(C)(C)C)c(P=C(Cl)[Si](C)(C)C)c(C(C)(C)C)c1. The molecule has 0 unspecified atom stereocenters. The third-order valence-corrected chi connectivity index (χ3v) is 10.9. The molecule has 0 N–H and O–H groups in total. The van der Waals surface area contributed by atoms with Crippen molar-refractivity contribution in [2.75, 3.05) is 0 Å². The first-order chi connectivity index (χ1) is 10.8. The van der Waals surface area contributed by atoms with E-state index < -0.39 is 8.07 Å². The van der Waals surface area contributed by atoms with Gasteiger partial charge in [0.15, 0.2) is 0 Å². The molecular weight excluding hydrogens is 359 g/mol. The van der Waals surface area contributed by atoms with Crippen molar-refractivity contribution < 1.29 is 0 Å². The molecule has 0 heterocycles. The molecule has 1 rings (SSSR count). The van der Waals surface area contributed by atoms with E-state index in [0.29, 0.717) is 0 Å². The topological polar surface area (TPSA) is 0 Å². The number of halogens is 1. The van der Waals surface area contributed by atoms with Gasteiger partial charge in [-0.25, -0.2) is 0 Å². The molecule has 0 aliphatic carbocycles. The molecule has 0 fully saturated rings. The Labute approximate surface area is 164 Å². The van der Waals surface area contributed by atoms with Crippen LogP contribution < -0.4 is 5.30 Å². The van der Waals surface area contributed by atoms with Crippen molar-refractivity contribution in [1.82, 2.24) is 0 Å². The lowest BCUT2D eigenvalue weighted by Crippen LogP contribution is -2.32. The standard InChI is InChI=1S/C22H38ClPSi/c1-20(2,3)15-13-16(21(4,5)6)18(17(14-15)22(7,8)9)24-19(23)25(10,11)12/h13-14H,1-12H3. The van der Waals surface area contributed by atoms with Gasteiger partial charge >= 0.3 is 0 Å². The molecule has 0 saturated carbocycles. The first-order valence-electron chi connectivity index (χ1n) is 9.29. The molecule has 1 aromatic rings. The number of rotatable bonds is 2. The smallest absolute Gasteiger partial charge is 0.0890 e. The minimum atomic E-state index is -1.49. The van der Waals surface area contributed by atoms with E-state index in [-0.39, 0.29) is 16.2 Å². The summed E-state index contributed by atoms with van der Waals surface area (Å²) in [7, 11) is -0.279. The van der Waals surface area contributed by atoms with E-state index in [9.17, 15) is 0 Å². The molecule has 0 aromatic heterocycles. The van der Waals surface area contributed by atoms with Crippen LogP contribution in [0.25, 0.3) is 0 Å². The van der Waals surface area contributed by atoms with Crippen LogP contribution in [0.2, 0.25) is 19.6 Å². The van der Waals surface area contributed by atoms with Gasteiger partial charge in [0.05, 0.1) is 8.07 Å². The van der Waals surface area contributed by atoms with Gasteiger partial charge in [0, 0.05) is 9.68 Å². The minimum absolute atomic E-state index is 0.0974. The Bertz CT molecular complexity index is 624. The summed E-state index contributed by atoms with van der Waals surface area (Å²) in [5.41, 5.74) is 4.65. The lowest BCUT2D eigenvalue weighted by atomic mass is 9.75. The van der Waals surface area contributed by atoms with Crippen LogP contribution in [0.3, 0.4) is 0 Å². The Morgan fingerprint density at radius 1 is 0.760 bits per heavy atom. The molecule has 0 spiro atoms. The lowest BCUT2D eigenvalue weighted by Gasteiger charge is -2.33. The molecule has 1 aromatic carbocycles. The summed E-state index contributed by atoms with van der Waals surface area (Å²) >= 11 is 6.83. The lowest BCUT2D eigenvalue weighted by molar-refractivity contribution is 0.554. The van der Waals surface area contributed by atoms with Gasteiger partial charge in [-0.2, -0.15) is 0 Å². The maximum absolute atomic E-state index is 6.83. The number of hydrogen-bond acceptors (Lipinski definition) is 0. The maximum Gasteiger partial charge on any atom is 0.0982 e. The molecule has 0 nitrogen and oxygen atoms in total. The molecule has 0 radical (unpaired) electrons. The molecule has 3 heteroatoms. The van der Waals surface area contributed by atoms with Gasteiger partial charge in [0.2, 0.25) is 0 Å². The van der Waals surface area contributed by atoms with Gasteiger partial charge in [-0.3, -0.25) is 0 Å². The van der Waals surface area contributed by atoms with Gasteiger partial charge in [-0.1, -0.05) is 114 Å². The van der Waals surface area contributed by atoms with Gasteiger partial charge < -0.3 is 0 Å². The van der Waals surface area contributed by atoms with Crippen molar-refractivity contribution in [3.05, 3.63) is 28.8 Å². The Kier molecular flexibility index (Phi) is 6.55. The Morgan fingerprint density at radius 2 is 1.12 bits per heavy atom. The summed E-state index contributed by atoms with van der Waals surface area (Å²) in [6.07, 6.45) is 0. The minimum Gasteiger partial charge on any atom is -0.0890 e. The van der Waals surface area contributed by atoms with Gasteiger partial charge in [-0.15, -0.1) is 0 Å². The number of hydrogen-bond donors (Lipinski definition) is 0. The Morgan fingerprint density at radius 3 is 1.36 bits per heavy atom. The third kappa shape index (κ3) is 5.95. The maximum atomic E-state index is 6.83. The molecule has 0 aliphatic rings. The second-order valence-electron chi connectivity index (χ2n) is 11.3. The first-order valence-corrected chi connectivity index (χ1v) is 14.1. The Balaban J connectivity index is 3.96. The van der Waals surface area contributed by atoms with Gasteiger partial charge in [0.25, 0.3) is 0 Å². The molecule has 0 atom stereocenters. The van der Waals surface area contributed by atoms with E-state index in [1.165, 1.54) is 30.2 Å². The Hall–Kier alpha value is -0.103. The quantitative estimate of drug-likeness (QED) is 0.361. The van der Waals surface area contributed by atoms with E-state index in [1.807, 2.05) is 0 Å². The van der Waals surface area contributed by atoms with E-state index in [2.05, 4.69) is 94.1 Å². The zero-order valence-corrected chi connectivity index (χ0v) is 21.1. The molecule has 142 valence electrons. The van der Waals surface area contributed by atoms with E-state index in [0.717, 1.165) is 4.38 Å². The van der Waals surface area contributed by atoms with Crippen LogP contribution in [-0.4, -0.2) is 12.4 Å². The fourth-order valence-corrected chi connectivity index (χ4v) is 5.76. The second kappa shape index (κ2) is 7.14. The number of benzene rings is 1. The second-order valence-corrected chi connectivity index (χ2v) is 18.8. The highest BCUT2D eigenvalue weighted by atomic mass is 35.5. The highest BCUT2D eigenvalue weighted by molar-refractivity contribution is 7.63. The zero-order valence-electron chi connectivity index (χ0n) is 18.5. The van der Waals surface area contributed by atoms with E-state index >= 15 is 0 Å². The molecule has 0 saturated heterocycles. The van der Waals surface area contributed by atoms with Crippen LogP contribution in [0.15, 0.2) is 12.1 Å². The monoisotopic (exact) mass is 396 g/mol. The molecular formula is C22H38ClPSi. The normalized spacial score (nSPS) is 14.8. The van der Waals surface area contributed by atoms with Crippen molar-refractivity contribution in [2.24, 2.45) is 0 Å². The summed E-state index contributed by atoms with van der Waals surface area (Å²) < 4.78 is 1.15. The van der Waals surface area contributed by atoms with Crippen molar-refractivity contribution in [1.29, 1.82) is 0 Å². The van der Waals surface area contributed by atoms with Crippen molar-refractivity contribution in [3.8, 4) is 0 Å². The largest absolute Gasteiger partial charge is 0.0982 e. The van der Waals surface area contributed by atoms with Crippen LogP contribution in [0.4, 0.5) is 0 Å². The predicted molar refractivity (Wildman–Crippen MR) is 123 cm³/mol. The summed E-state index contributed by atoms with van der Waals surface area (Å²) in [5, 5.41) is 1.43. The summed E-state index contributed by atoms with van der Waals surface area (Å²) in [6.45, 7) is 27.8. The molecule has 0 aliphatic heterocycles. The van der Waals surface area contributed by atoms with E-state index in [4.69, 9.17) is 11.6 Å². The van der Waals surface area contributed by atoms with Gasteiger partial charge in [-0.05, 0) is 32.9 Å². The first kappa shape index (κ1) is 22.9. The molecule has 25 heavy (non-hydrogen) atoms. The third-order valence-electron chi connectivity index (χ3n) is 4.42. The molecule has 0 amide bonds. The predicted octanol–water partition coefficient (Wildman–Crippen LogP) is 7.40. The van der Waals surface area contributed by atoms with E-state index in [1.54, 1.807) is 0 Å². The highest BCUT2D eigenvalue weighted by Crippen LogP contribution is 2.36. The average molecular weight is 397 g/mol. The summed E-state index contributed by atoms with van der Waals surface area (Å²) in [5.74, 6) is 0. The van der Waals surface area contributed by atoms with Crippen molar-refractivity contribution in [3.63, 3.8) is 0 Å². The molecule has 0 bridgehead atoms. The van der Waals surface area contributed by atoms with Crippen LogP contribution in [0, 0.1) is 0 Å².